The Morgan fingerprint density at radius 2 is 1.55 bits per heavy atom. The molecule has 0 fully saturated rings. The zero-order valence-corrected chi connectivity index (χ0v) is 16.1. The number of hydrogen-bond acceptors (Lipinski definition) is 1. The van der Waals surface area contributed by atoms with Gasteiger partial charge in [0.1, 0.15) is 4.49 Å². The van der Waals surface area contributed by atoms with Crippen LogP contribution in [0.1, 0.15) is 0 Å². The highest BCUT2D eigenvalue weighted by molar-refractivity contribution is 9.15. The van der Waals surface area contributed by atoms with Crippen LogP contribution in [0.2, 0.25) is 0 Å². The molecule has 2 aromatic carbocycles. The molecule has 2 aromatic rings. The molecule has 0 aliphatic carbocycles. The van der Waals surface area contributed by atoms with E-state index in [1.807, 2.05) is 12.1 Å². The highest BCUT2D eigenvalue weighted by Gasteiger charge is 2.10. The average Bonchev–Trinajstić information content (AvgIpc) is 2.45. The summed E-state index contributed by atoms with van der Waals surface area (Å²) in [7, 11) is 0. The van der Waals surface area contributed by atoms with E-state index in [2.05, 4.69) is 62.2 Å². The van der Waals surface area contributed by atoms with E-state index in [1.165, 1.54) is 22.5 Å². The molecule has 0 saturated carbocycles. The second-order valence-corrected chi connectivity index (χ2v) is 8.30. The van der Waals surface area contributed by atoms with Gasteiger partial charge in [-0.25, -0.2) is 0 Å². The molecule has 0 nitrogen and oxygen atoms in total. The highest BCUT2D eigenvalue weighted by atomic mass is 79.9. The van der Waals surface area contributed by atoms with Crippen LogP contribution >= 0.6 is 78.4 Å². The largest absolute Gasteiger partial charge is 0.126 e. The normalized spacial score (nSPS) is 12.2. The van der Waals surface area contributed by atoms with Crippen molar-refractivity contribution in [1.29, 1.82) is 0 Å². The minimum Gasteiger partial charge on any atom is -0.0812 e. The van der Waals surface area contributed by atoms with E-state index in [0.717, 1.165) is 8.71 Å². The Labute approximate surface area is 153 Å². The van der Waals surface area contributed by atoms with Gasteiger partial charge in [-0.1, -0.05) is 76.9 Å². The summed E-state index contributed by atoms with van der Waals surface area (Å²) in [4.78, 5) is 1.09. The molecule has 104 valence electrons. The van der Waals surface area contributed by atoms with Gasteiger partial charge in [-0.15, -0.1) is 0 Å². The van der Waals surface area contributed by atoms with E-state index >= 15 is 0 Å². The fourth-order valence-corrected chi connectivity index (χ4v) is 4.15. The molecule has 0 amide bonds. The van der Waals surface area contributed by atoms with Gasteiger partial charge < -0.3 is 0 Å². The first-order valence-corrected chi connectivity index (χ1v) is 8.95. The molecule has 0 aliphatic rings. The van der Waals surface area contributed by atoms with Crippen molar-refractivity contribution in [3.63, 3.8) is 0 Å². The van der Waals surface area contributed by atoms with Crippen LogP contribution in [0, 0.1) is 0 Å². The zero-order valence-electron chi connectivity index (χ0n) is 9.84. The summed E-state index contributed by atoms with van der Waals surface area (Å²) < 4.78 is 1.45. The third-order valence-corrected chi connectivity index (χ3v) is 6.98. The van der Waals surface area contributed by atoms with E-state index in [4.69, 9.17) is 34.8 Å². The summed E-state index contributed by atoms with van der Waals surface area (Å²) in [6.07, 6.45) is 0. The summed E-state index contributed by atoms with van der Waals surface area (Å²) in [5, 5.41) is 2.66. The van der Waals surface area contributed by atoms with Crippen LogP contribution in [0.5, 0.6) is 0 Å². The van der Waals surface area contributed by atoms with Crippen LogP contribution in [0.3, 0.4) is 0 Å². The summed E-state index contributed by atoms with van der Waals surface area (Å²) >= 11 is 25.7. The standard InChI is InChI=1S/C14H7Br2Cl3S/c15-11(12(17)14(18)19)13(16)20-10-6-5-8-3-1-2-4-9(8)7-10/h1-7H/b13-11-. The van der Waals surface area contributed by atoms with Crippen molar-refractivity contribution < 1.29 is 0 Å². The third-order valence-electron chi connectivity index (χ3n) is 2.46. The van der Waals surface area contributed by atoms with Gasteiger partial charge in [0.2, 0.25) is 0 Å². The Morgan fingerprint density at radius 3 is 2.20 bits per heavy atom. The van der Waals surface area contributed by atoms with E-state index in [0.29, 0.717) is 4.48 Å². The smallest absolute Gasteiger partial charge is 0.0812 e. The number of hydrogen-bond donors (Lipinski definition) is 0. The monoisotopic (exact) mass is 470 g/mol. The van der Waals surface area contributed by atoms with Crippen LogP contribution in [0.15, 0.2) is 65.2 Å². The minimum absolute atomic E-state index is 0.0228. The molecule has 0 aliphatic heterocycles. The number of benzene rings is 2. The SMILES string of the molecule is ClC(Cl)=C(Cl)/C(Br)=C(\Br)Sc1ccc2ccccc2c1. The van der Waals surface area contributed by atoms with E-state index in [-0.39, 0.29) is 9.52 Å². The van der Waals surface area contributed by atoms with Gasteiger partial charge in [0.05, 0.1) is 13.3 Å². The predicted molar refractivity (Wildman–Crippen MR) is 99.3 cm³/mol. The molecule has 0 spiro atoms. The number of fused-ring (bicyclic) bond motifs is 1. The van der Waals surface area contributed by atoms with E-state index < -0.39 is 0 Å². The molecule has 0 saturated heterocycles. The van der Waals surface area contributed by atoms with Gasteiger partial charge >= 0.3 is 0 Å². The molecule has 0 N–H and O–H groups in total. The maximum Gasteiger partial charge on any atom is 0.126 e. The van der Waals surface area contributed by atoms with Gasteiger partial charge in [0, 0.05) is 4.90 Å². The second kappa shape index (κ2) is 7.57. The topological polar surface area (TPSA) is 0 Å². The lowest BCUT2D eigenvalue weighted by Crippen LogP contribution is -1.78. The first kappa shape index (κ1) is 16.7. The maximum absolute atomic E-state index is 5.99. The Bertz CT molecular complexity index is 706. The lowest BCUT2D eigenvalue weighted by atomic mass is 10.1. The third kappa shape index (κ3) is 4.19. The second-order valence-electron chi connectivity index (χ2n) is 3.77. The Hall–Kier alpha value is 0.360. The first-order chi connectivity index (χ1) is 9.49. The highest BCUT2D eigenvalue weighted by Crippen LogP contribution is 2.41. The number of rotatable bonds is 3. The number of allylic oxidation sites excluding steroid dienone is 2. The number of thioether (sulfide) groups is 1. The lowest BCUT2D eigenvalue weighted by molar-refractivity contribution is 1.52. The molecule has 0 atom stereocenters. The Balaban J connectivity index is 2.32. The van der Waals surface area contributed by atoms with E-state index in [9.17, 15) is 0 Å². The van der Waals surface area contributed by atoms with Gasteiger partial charge in [0.15, 0.2) is 0 Å². The molecule has 6 heteroatoms. The quantitative estimate of drug-likeness (QED) is 0.324. The predicted octanol–water partition coefficient (Wildman–Crippen LogP) is 7.78. The fourth-order valence-electron chi connectivity index (χ4n) is 1.55. The summed E-state index contributed by atoms with van der Waals surface area (Å²) in [6, 6.07) is 14.4. The van der Waals surface area contributed by atoms with Crippen LogP contribution in [-0.4, -0.2) is 0 Å². The van der Waals surface area contributed by atoms with Crippen molar-refractivity contribution in [2.24, 2.45) is 0 Å². The van der Waals surface area contributed by atoms with Crippen LogP contribution < -0.4 is 0 Å². The average molecular weight is 473 g/mol. The van der Waals surface area contributed by atoms with Gasteiger partial charge in [-0.2, -0.15) is 0 Å². The Morgan fingerprint density at radius 1 is 0.900 bits per heavy atom. The molecule has 0 aromatic heterocycles. The van der Waals surface area contributed by atoms with Crippen LogP contribution in [0.4, 0.5) is 0 Å². The lowest BCUT2D eigenvalue weighted by Gasteiger charge is -2.05. The van der Waals surface area contributed by atoms with Crippen molar-refractivity contribution in [3.05, 3.63) is 60.3 Å². The van der Waals surface area contributed by atoms with E-state index in [1.54, 1.807) is 0 Å². The fraction of sp³-hybridized carbons (Fsp3) is 0. The maximum atomic E-state index is 5.99. The van der Waals surface area contributed by atoms with Crippen molar-refractivity contribution >= 4 is 89.2 Å². The molecule has 0 heterocycles. The van der Waals surface area contributed by atoms with Gasteiger partial charge in [-0.3, -0.25) is 0 Å². The van der Waals surface area contributed by atoms with Crippen molar-refractivity contribution in [1.82, 2.24) is 0 Å². The van der Waals surface area contributed by atoms with Crippen molar-refractivity contribution in [3.8, 4) is 0 Å². The summed E-state index contributed by atoms with van der Waals surface area (Å²) in [5.41, 5.74) is 0. The first-order valence-electron chi connectivity index (χ1n) is 5.42. The zero-order chi connectivity index (χ0) is 14.7. The molecule has 0 radical (unpaired) electrons. The molecule has 20 heavy (non-hydrogen) atoms. The van der Waals surface area contributed by atoms with Gasteiger partial charge in [-0.05, 0) is 54.8 Å². The van der Waals surface area contributed by atoms with Gasteiger partial charge in [0.25, 0.3) is 0 Å². The summed E-state index contributed by atoms with van der Waals surface area (Å²) in [5.74, 6) is 0. The van der Waals surface area contributed by atoms with Crippen LogP contribution in [0.25, 0.3) is 10.8 Å². The minimum atomic E-state index is 0.0228. The Kier molecular flexibility index (Phi) is 6.33. The molecular formula is C14H7Br2Cl3S. The molecular weight excluding hydrogens is 466 g/mol. The molecule has 0 bridgehead atoms. The summed E-state index contributed by atoms with van der Waals surface area (Å²) in [6.45, 7) is 0. The van der Waals surface area contributed by atoms with Crippen molar-refractivity contribution in [2.75, 3.05) is 0 Å². The molecule has 0 unspecified atom stereocenters. The number of halogens is 5. The van der Waals surface area contributed by atoms with Crippen LogP contribution in [-0.2, 0) is 0 Å². The van der Waals surface area contributed by atoms with Crippen molar-refractivity contribution in [2.45, 2.75) is 4.90 Å². The molecule has 2 rings (SSSR count).